The zero-order valence-corrected chi connectivity index (χ0v) is 18.0. The Bertz CT molecular complexity index is 826. The van der Waals surface area contributed by atoms with E-state index in [2.05, 4.69) is 6.07 Å². The lowest BCUT2D eigenvalue weighted by Crippen LogP contribution is -2.56. The fraction of sp³-hybridized carbons (Fsp3) is 0.500. The summed E-state index contributed by atoms with van der Waals surface area (Å²) in [4.78, 5) is 25.5. The molecule has 0 bridgehead atoms. The summed E-state index contributed by atoms with van der Waals surface area (Å²) >= 11 is 0. The van der Waals surface area contributed by atoms with E-state index in [-0.39, 0.29) is 13.1 Å². The molecule has 0 N–H and O–H groups in total. The van der Waals surface area contributed by atoms with Crippen molar-refractivity contribution in [2.24, 2.45) is 0 Å². The van der Waals surface area contributed by atoms with Gasteiger partial charge in [-0.25, -0.2) is 19.6 Å². The van der Waals surface area contributed by atoms with Crippen LogP contribution in [-0.4, -0.2) is 46.5 Å². The van der Waals surface area contributed by atoms with Crippen LogP contribution in [0.3, 0.4) is 0 Å². The Labute approximate surface area is 172 Å². The fourth-order valence-electron chi connectivity index (χ4n) is 2.85. The molecule has 156 valence electrons. The van der Waals surface area contributed by atoms with Crippen LogP contribution in [0.15, 0.2) is 35.9 Å². The van der Waals surface area contributed by atoms with Crippen molar-refractivity contribution in [3.63, 3.8) is 0 Å². The SMILES string of the molecule is CC(C)(C)OC(=O)N1CC/C(=C(/C#N)c2ccccc2)CN1C(=O)OC(C)(C)C. The number of carbonyl (C=O) groups is 2. The second-order valence-corrected chi connectivity index (χ2v) is 8.85. The maximum absolute atomic E-state index is 12.8. The molecule has 0 atom stereocenters. The Morgan fingerprint density at radius 2 is 1.45 bits per heavy atom. The van der Waals surface area contributed by atoms with E-state index in [0.717, 1.165) is 11.1 Å². The number of ether oxygens (including phenoxy) is 2. The lowest BCUT2D eigenvalue weighted by atomic mass is 9.97. The van der Waals surface area contributed by atoms with Gasteiger partial charge in [0.25, 0.3) is 0 Å². The average Bonchev–Trinajstić information content (AvgIpc) is 2.60. The van der Waals surface area contributed by atoms with Crippen LogP contribution >= 0.6 is 0 Å². The van der Waals surface area contributed by atoms with E-state index in [1.807, 2.05) is 30.3 Å². The molecule has 2 amide bonds. The number of allylic oxidation sites excluding steroid dienone is 1. The van der Waals surface area contributed by atoms with Gasteiger partial charge in [0, 0.05) is 0 Å². The van der Waals surface area contributed by atoms with Gasteiger partial charge < -0.3 is 9.47 Å². The molecule has 1 aromatic rings. The molecule has 0 aromatic heterocycles. The van der Waals surface area contributed by atoms with E-state index in [1.54, 1.807) is 41.5 Å². The van der Waals surface area contributed by atoms with E-state index < -0.39 is 23.4 Å². The quantitative estimate of drug-likeness (QED) is 0.636. The Morgan fingerprint density at radius 3 is 1.93 bits per heavy atom. The summed E-state index contributed by atoms with van der Waals surface area (Å²) in [6.07, 6.45) is -0.831. The lowest BCUT2D eigenvalue weighted by Gasteiger charge is -2.40. The molecule has 2 rings (SSSR count). The Morgan fingerprint density at radius 1 is 0.931 bits per heavy atom. The van der Waals surface area contributed by atoms with Crippen LogP contribution in [0.1, 0.15) is 53.5 Å². The van der Waals surface area contributed by atoms with Gasteiger partial charge in [0.15, 0.2) is 0 Å². The van der Waals surface area contributed by atoms with Gasteiger partial charge in [-0.05, 0) is 59.1 Å². The van der Waals surface area contributed by atoms with E-state index in [9.17, 15) is 14.9 Å². The highest BCUT2D eigenvalue weighted by atomic mass is 16.6. The number of nitriles is 1. The Balaban J connectivity index is 2.38. The maximum atomic E-state index is 12.8. The summed E-state index contributed by atoms with van der Waals surface area (Å²) in [5, 5.41) is 12.2. The molecule has 7 nitrogen and oxygen atoms in total. The van der Waals surface area contributed by atoms with Gasteiger partial charge in [-0.2, -0.15) is 5.26 Å². The number of carbonyl (C=O) groups excluding carboxylic acids is 2. The number of nitrogens with zero attached hydrogens (tertiary/aromatic N) is 3. The third-order valence-corrected chi connectivity index (χ3v) is 3.99. The van der Waals surface area contributed by atoms with Crippen LogP contribution < -0.4 is 0 Å². The highest BCUT2D eigenvalue weighted by molar-refractivity contribution is 5.81. The van der Waals surface area contributed by atoms with Gasteiger partial charge in [0.05, 0.1) is 24.7 Å². The first-order valence-electron chi connectivity index (χ1n) is 9.60. The van der Waals surface area contributed by atoms with Gasteiger partial charge in [-0.15, -0.1) is 0 Å². The van der Waals surface area contributed by atoms with Crippen molar-refractivity contribution < 1.29 is 19.1 Å². The number of rotatable bonds is 1. The predicted molar refractivity (Wildman–Crippen MR) is 109 cm³/mol. The number of hydrogen-bond donors (Lipinski definition) is 0. The minimum Gasteiger partial charge on any atom is -0.442 e. The van der Waals surface area contributed by atoms with Crippen molar-refractivity contribution in [2.75, 3.05) is 13.1 Å². The summed E-state index contributed by atoms with van der Waals surface area (Å²) in [6.45, 7) is 10.9. The minimum atomic E-state index is -0.727. The van der Waals surface area contributed by atoms with Crippen LogP contribution in [0.2, 0.25) is 0 Å². The molecule has 1 aromatic carbocycles. The smallest absolute Gasteiger partial charge is 0.429 e. The van der Waals surface area contributed by atoms with E-state index >= 15 is 0 Å². The molecule has 7 heteroatoms. The van der Waals surface area contributed by atoms with Crippen LogP contribution in [-0.2, 0) is 9.47 Å². The van der Waals surface area contributed by atoms with Crippen LogP contribution in [0, 0.1) is 11.3 Å². The molecular formula is C22H29N3O4. The Hall–Kier alpha value is -3.01. The lowest BCUT2D eigenvalue weighted by molar-refractivity contribution is -0.0656. The number of benzene rings is 1. The van der Waals surface area contributed by atoms with Crippen molar-refractivity contribution in [2.45, 2.75) is 59.2 Å². The van der Waals surface area contributed by atoms with Gasteiger partial charge in [0.2, 0.25) is 0 Å². The van der Waals surface area contributed by atoms with Crippen LogP contribution in [0.25, 0.3) is 5.57 Å². The highest BCUT2D eigenvalue weighted by Crippen LogP contribution is 2.27. The molecule has 0 spiro atoms. The zero-order valence-electron chi connectivity index (χ0n) is 18.0. The topological polar surface area (TPSA) is 82.9 Å². The fourth-order valence-corrected chi connectivity index (χ4v) is 2.85. The minimum absolute atomic E-state index is 0.0753. The monoisotopic (exact) mass is 399 g/mol. The molecular weight excluding hydrogens is 370 g/mol. The standard InChI is InChI=1S/C22H29N3O4/c1-21(2,3)28-19(26)24-13-12-17(15-25(24)20(27)29-22(4,5)6)18(14-23)16-10-8-7-9-11-16/h7-11H,12-13,15H2,1-6H3/b18-17+. The van der Waals surface area contributed by atoms with E-state index in [0.29, 0.717) is 12.0 Å². The molecule has 0 saturated carbocycles. The molecule has 29 heavy (non-hydrogen) atoms. The highest BCUT2D eigenvalue weighted by Gasteiger charge is 2.37. The molecule has 1 saturated heterocycles. The second kappa shape index (κ2) is 8.56. The molecule has 1 fully saturated rings. The summed E-state index contributed by atoms with van der Waals surface area (Å²) in [7, 11) is 0. The first-order chi connectivity index (χ1) is 13.4. The molecule has 1 aliphatic heterocycles. The van der Waals surface area contributed by atoms with Crippen LogP contribution in [0.5, 0.6) is 0 Å². The number of amides is 2. The molecule has 0 radical (unpaired) electrons. The van der Waals surface area contributed by atoms with Crippen molar-refractivity contribution >= 4 is 17.8 Å². The molecule has 1 aliphatic rings. The summed E-state index contributed by atoms with van der Waals surface area (Å²) in [6, 6.07) is 11.5. The average molecular weight is 399 g/mol. The third-order valence-electron chi connectivity index (χ3n) is 3.99. The van der Waals surface area contributed by atoms with Gasteiger partial charge >= 0.3 is 12.2 Å². The molecule has 1 heterocycles. The van der Waals surface area contributed by atoms with Crippen molar-refractivity contribution in [1.82, 2.24) is 10.0 Å². The molecule has 0 aliphatic carbocycles. The van der Waals surface area contributed by atoms with E-state index in [1.165, 1.54) is 10.0 Å². The normalized spacial score (nSPS) is 16.7. The number of hydrazine groups is 1. The van der Waals surface area contributed by atoms with Gasteiger partial charge in [0.1, 0.15) is 11.2 Å². The van der Waals surface area contributed by atoms with Gasteiger partial charge in [-0.1, -0.05) is 30.3 Å². The first-order valence-corrected chi connectivity index (χ1v) is 9.60. The summed E-state index contributed by atoms with van der Waals surface area (Å²) in [5.74, 6) is 0. The predicted octanol–water partition coefficient (Wildman–Crippen LogP) is 4.76. The Kier molecular flexibility index (Phi) is 6.58. The van der Waals surface area contributed by atoms with Gasteiger partial charge in [-0.3, -0.25) is 0 Å². The van der Waals surface area contributed by atoms with E-state index in [4.69, 9.17) is 9.47 Å². The van der Waals surface area contributed by atoms with Crippen LogP contribution in [0.4, 0.5) is 9.59 Å². The largest absolute Gasteiger partial charge is 0.442 e. The molecule has 0 unspecified atom stereocenters. The summed E-state index contributed by atoms with van der Waals surface area (Å²) in [5.41, 5.74) is 0.622. The number of hydrogen-bond acceptors (Lipinski definition) is 5. The van der Waals surface area contributed by atoms with Crippen molar-refractivity contribution in [3.05, 3.63) is 41.5 Å². The maximum Gasteiger partial charge on any atom is 0.429 e. The first kappa shape index (κ1) is 22.3. The third kappa shape index (κ3) is 6.24. The van der Waals surface area contributed by atoms with Crippen molar-refractivity contribution in [3.8, 4) is 6.07 Å². The summed E-state index contributed by atoms with van der Waals surface area (Å²) < 4.78 is 10.9. The van der Waals surface area contributed by atoms with Crippen molar-refractivity contribution in [1.29, 1.82) is 5.26 Å². The zero-order chi connectivity index (χ0) is 21.8. The second-order valence-electron chi connectivity index (χ2n) is 8.85.